The van der Waals surface area contributed by atoms with Gasteiger partial charge in [0, 0.05) is 50.1 Å². The molecule has 3 aromatic heterocycles. The molecule has 0 amide bonds. The average molecular weight is 1920 g/mol. The molecule has 23 rings (SSSR count). The lowest BCUT2D eigenvalue weighted by molar-refractivity contribution is 1.07. The van der Waals surface area contributed by atoms with Crippen LogP contribution in [0.4, 0.5) is 0 Å². The van der Waals surface area contributed by atoms with Crippen LogP contribution in [0, 0.1) is 68.0 Å². The van der Waals surface area contributed by atoms with Crippen molar-refractivity contribution in [3.8, 4) is 261 Å². The Hall–Kier alpha value is -21.6. The van der Waals surface area contributed by atoms with Gasteiger partial charge in [0.05, 0.1) is 69.8 Å². The van der Waals surface area contributed by atoms with E-state index in [2.05, 4.69) is 188 Å². The van der Waals surface area contributed by atoms with Crippen molar-refractivity contribution in [2.45, 2.75) is 0 Å². The second-order valence-electron chi connectivity index (χ2n) is 35.6. The second kappa shape index (κ2) is 44.3. The first kappa shape index (κ1) is 94.6. The van der Waals surface area contributed by atoms with Gasteiger partial charge in [-0.2, -0.15) is 31.6 Å². The van der Waals surface area contributed by atoms with Gasteiger partial charge in [0.1, 0.15) is 0 Å². The van der Waals surface area contributed by atoms with E-state index in [9.17, 15) is 31.6 Å². The summed E-state index contributed by atoms with van der Waals surface area (Å²) in [6.07, 6.45) is 0. The summed E-state index contributed by atoms with van der Waals surface area (Å²) >= 11 is 0. The normalized spacial score (nSPS) is 10.6. The summed E-state index contributed by atoms with van der Waals surface area (Å²) in [4.78, 5) is 44.4. The molecule has 0 fully saturated rings. The topological polar surface area (TPSA) is 259 Å². The Labute approximate surface area is 868 Å². The van der Waals surface area contributed by atoms with Crippen molar-refractivity contribution in [3.05, 3.63) is 537 Å². The van der Waals surface area contributed by atoms with Crippen LogP contribution >= 0.6 is 0 Å². The highest BCUT2D eigenvalue weighted by Crippen LogP contribution is 2.41. The molecule has 0 atom stereocenters. The first-order valence-corrected chi connectivity index (χ1v) is 48.6. The molecule has 0 saturated carbocycles. The molecular weight excluding hydrogens is 1830 g/mol. The van der Waals surface area contributed by atoms with Crippen LogP contribution in [0.15, 0.2) is 504 Å². The fourth-order valence-corrected chi connectivity index (χ4v) is 18.1. The number of hydrogen-bond acceptors (Lipinski definition) is 15. The Balaban J connectivity index is 0.000000132. The standard InChI is InChI=1S/2C47H29N5.C41H25N5/c48-30-32-11-7-16-36(23-32)43-24-33(31-49)25-44(29-43)40-20-8-18-38(26-40)39-19-10-22-42(28-39)47-51-45(35-14-5-2-6-15-35)50-46(52-47)41-21-9-17-37(27-41)34-12-3-1-4-13-34;48-30-32-10-7-15-38(24-32)43-25-33(31-49)26-44(29-43)41-18-8-16-39(27-41)40-17-9-19-42(28-40)47-51-45(36-13-5-2-6-14-36)50-46(52-47)37-22-20-35(21-23-37)34-11-3-1-4-12-34;42-26-28-10-7-15-32(20-28)37-21-29(27-43)22-38(25-37)35-18-8-16-33(23-35)34-17-9-19-36(24-34)41-45-39(30-11-3-1-4-12-30)44-40(46-41)31-13-5-2-6-14-31/h2*1-29H;1-25H. The second-order valence-corrected chi connectivity index (χ2v) is 35.6. The van der Waals surface area contributed by atoms with Crippen molar-refractivity contribution >= 4 is 0 Å². The van der Waals surface area contributed by atoms with Gasteiger partial charge in [-0.05, 0) is 256 Å². The zero-order chi connectivity index (χ0) is 102. The highest BCUT2D eigenvalue weighted by molar-refractivity contribution is 5.87. The van der Waals surface area contributed by atoms with E-state index in [1.165, 1.54) is 0 Å². The van der Waals surface area contributed by atoms with Crippen LogP contribution < -0.4 is 0 Å². The number of rotatable bonds is 20. The van der Waals surface area contributed by atoms with E-state index < -0.39 is 0 Å². The largest absolute Gasteiger partial charge is 0.208 e. The van der Waals surface area contributed by atoms with E-state index in [4.69, 9.17) is 44.9 Å². The number of hydrogen-bond donors (Lipinski definition) is 0. The van der Waals surface area contributed by atoms with Gasteiger partial charge in [0.2, 0.25) is 0 Å². The van der Waals surface area contributed by atoms with Crippen LogP contribution in [0.25, 0.3) is 225 Å². The molecule has 698 valence electrons. The van der Waals surface area contributed by atoms with Gasteiger partial charge in [-0.1, -0.05) is 370 Å². The molecule has 20 aromatic carbocycles. The van der Waals surface area contributed by atoms with E-state index in [-0.39, 0.29) is 0 Å². The minimum absolute atomic E-state index is 0.552. The van der Waals surface area contributed by atoms with Crippen LogP contribution in [-0.4, -0.2) is 44.9 Å². The molecule has 0 N–H and O–H groups in total. The zero-order valence-corrected chi connectivity index (χ0v) is 80.6. The summed E-state index contributed by atoms with van der Waals surface area (Å²) in [5, 5.41) is 57.8. The molecule has 0 saturated heterocycles. The highest BCUT2D eigenvalue weighted by atomic mass is 15.1. The summed E-state index contributed by atoms with van der Waals surface area (Å²) < 4.78 is 0. The minimum atomic E-state index is 0.552. The van der Waals surface area contributed by atoms with Crippen molar-refractivity contribution in [2.75, 3.05) is 0 Å². The third-order valence-electron chi connectivity index (χ3n) is 25.6. The molecule has 0 spiro atoms. The Morgan fingerprint density at radius 2 is 0.213 bits per heavy atom. The average Bonchev–Trinajstić information content (AvgIpc) is 0.793. The molecular formula is C135H83N15. The van der Waals surface area contributed by atoms with E-state index in [0.717, 1.165) is 172 Å². The van der Waals surface area contributed by atoms with Gasteiger partial charge in [-0.15, -0.1) is 0 Å². The molecule has 0 aliphatic carbocycles. The van der Waals surface area contributed by atoms with E-state index >= 15 is 0 Å². The SMILES string of the molecule is N#Cc1cccc(-c2cc(C#N)cc(-c3cccc(-c4cccc(-c5nc(-c6ccccc6)nc(-c6ccc(-c7ccccc7)cc6)n5)c4)c3)c2)c1.N#Cc1cccc(-c2cc(C#N)cc(-c3cccc(-c4cccc(-c5nc(-c6ccccc6)nc(-c6cccc(-c7ccccc7)c6)n5)c4)c3)c2)c1.N#Cc1cccc(-c2cc(C#N)cc(-c3cccc(-c4cccc(-c5nc(-c6ccccc6)nc(-c6ccccc6)n5)c4)c3)c2)c1. The smallest absolute Gasteiger partial charge is 0.164 e. The van der Waals surface area contributed by atoms with E-state index in [1.54, 1.807) is 18.2 Å². The van der Waals surface area contributed by atoms with Gasteiger partial charge in [0.25, 0.3) is 0 Å². The first-order chi connectivity index (χ1) is 73.9. The maximum Gasteiger partial charge on any atom is 0.164 e. The molecule has 3 heterocycles. The molecule has 0 aliphatic rings. The summed E-state index contributed by atoms with van der Waals surface area (Å²) in [5.41, 5.74) is 33.1. The van der Waals surface area contributed by atoms with E-state index in [1.807, 2.05) is 334 Å². The quantitative estimate of drug-likeness (QED) is 0.0687. The summed E-state index contributed by atoms with van der Waals surface area (Å²) in [6, 6.07) is 180. The predicted octanol–water partition coefficient (Wildman–Crippen LogP) is 32.2. The fraction of sp³-hybridized carbons (Fsp3) is 0. The van der Waals surface area contributed by atoms with Crippen molar-refractivity contribution < 1.29 is 0 Å². The number of aromatic nitrogens is 9. The van der Waals surface area contributed by atoms with Crippen molar-refractivity contribution in [1.82, 2.24) is 44.9 Å². The molecule has 150 heavy (non-hydrogen) atoms. The molecule has 0 aliphatic heterocycles. The van der Waals surface area contributed by atoms with Crippen LogP contribution in [0.5, 0.6) is 0 Å². The van der Waals surface area contributed by atoms with Crippen LogP contribution in [0.3, 0.4) is 0 Å². The summed E-state index contributed by atoms with van der Waals surface area (Å²) in [7, 11) is 0. The maximum atomic E-state index is 9.88. The van der Waals surface area contributed by atoms with Crippen molar-refractivity contribution in [1.29, 1.82) is 31.6 Å². The molecule has 0 unspecified atom stereocenters. The first-order valence-electron chi connectivity index (χ1n) is 48.6. The van der Waals surface area contributed by atoms with Crippen molar-refractivity contribution in [3.63, 3.8) is 0 Å². The number of benzene rings is 20. The molecule has 0 bridgehead atoms. The lowest BCUT2D eigenvalue weighted by Crippen LogP contribution is -2.00. The number of nitriles is 6. The minimum Gasteiger partial charge on any atom is -0.208 e. The van der Waals surface area contributed by atoms with Gasteiger partial charge >= 0.3 is 0 Å². The lowest BCUT2D eigenvalue weighted by Gasteiger charge is -2.12. The van der Waals surface area contributed by atoms with Gasteiger partial charge < -0.3 is 0 Å². The zero-order valence-electron chi connectivity index (χ0n) is 80.6. The third-order valence-corrected chi connectivity index (χ3v) is 25.6. The Bertz CT molecular complexity index is 9210. The third kappa shape index (κ3) is 22.0. The number of nitrogens with zero attached hydrogens (tertiary/aromatic N) is 15. The lowest BCUT2D eigenvalue weighted by atomic mass is 9.93. The molecule has 0 radical (unpaired) electrons. The Kier molecular flexibility index (Phi) is 27.9. The molecule has 23 aromatic rings. The fourth-order valence-electron chi connectivity index (χ4n) is 18.1. The van der Waals surface area contributed by atoms with Crippen LogP contribution in [0.2, 0.25) is 0 Å². The van der Waals surface area contributed by atoms with E-state index in [0.29, 0.717) is 85.8 Å². The Morgan fingerprint density at radius 1 is 0.0933 bits per heavy atom. The monoisotopic (exact) mass is 1910 g/mol. The van der Waals surface area contributed by atoms with Gasteiger partial charge in [-0.3, -0.25) is 0 Å². The van der Waals surface area contributed by atoms with Crippen LogP contribution in [0.1, 0.15) is 33.4 Å². The van der Waals surface area contributed by atoms with Gasteiger partial charge in [0.15, 0.2) is 52.4 Å². The van der Waals surface area contributed by atoms with Gasteiger partial charge in [-0.25, -0.2) is 44.9 Å². The molecule has 15 nitrogen and oxygen atoms in total. The highest BCUT2D eigenvalue weighted by Gasteiger charge is 2.22. The van der Waals surface area contributed by atoms with Crippen LogP contribution in [-0.2, 0) is 0 Å². The predicted molar refractivity (Wildman–Crippen MR) is 596 cm³/mol. The maximum absolute atomic E-state index is 9.88. The summed E-state index contributed by atoms with van der Waals surface area (Å²) in [6.45, 7) is 0. The Morgan fingerprint density at radius 3 is 0.427 bits per heavy atom. The summed E-state index contributed by atoms with van der Waals surface area (Å²) in [5.74, 6) is 5.40. The molecule has 15 heteroatoms. The van der Waals surface area contributed by atoms with Crippen molar-refractivity contribution in [2.24, 2.45) is 0 Å².